The molecule has 0 aliphatic rings. The van der Waals surface area contributed by atoms with Crippen molar-refractivity contribution in [2.75, 3.05) is 9.80 Å². The van der Waals surface area contributed by atoms with E-state index in [1.54, 1.807) is 0 Å². The van der Waals surface area contributed by atoms with Gasteiger partial charge in [0.15, 0.2) is 0 Å². The smallest absolute Gasteiger partial charge is 0.0540 e. The van der Waals surface area contributed by atoms with Crippen molar-refractivity contribution in [1.29, 1.82) is 0 Å². The van der Waals surface area contributed by atoms with Crippen molar-refractivity contribution in [3.8, 4) is 89.0 Å². The molecule has 0 fully saturated rings. The number of nitrogens with zero attached hydrogens (tertiary/aromatic N) is 2. The van der Waals surface area contributed by atoms with Crippen LogP contribution in [0, 0.1) is 0 Å². The van der Waals surface area contributed by atoms with Crippen molar-refractivity contribution in [3.63, 3.8) is 0 Å². The molecule has 0 aliphatic heterocycles. The fraction of sp³-hybridized carbons (Fsp3) is 0. The second kappa shape index (κ2) is 23.4. The molecule has 0 aliphatic carbocycles. The fourth-order valence-corrected chi connectivity index (χ4v) is 13.3. The number of rotatable bonds is 14. The SMILES string of the molecule is c1ccc(-c2ccc(N(c3cccc(-c4ccccc4)c3)c3ccc4ccc5c(N(c6ccc(-c7cc(-c8ccccc8)cc(-c8ccccc8)c7)cc6)c6cccc(-c7cc(-c8ccccc8)cc(-c8ccccc8)c7)c6)ccc6ccc3c4c65)cc2)cc1. The van der Waals surface area contributed by atoms with E-state index < -0.39 is 0 Å². The van der Waals surface area contributed by atoms with Gasteiger partial charge in [0.2, 0.25) is 0 Å². The molecule has 16 rings (SSSR count). The molecule has 0 saturated heterocycles. The monoisotopic (exact) mass is 1140 g/mol. The Labute approximate surface area is 526 Å². The zero-order valence-corrected chi connectivity index (χ0v) is 49.5. The Morgan fingerprint density at radius 1 is 0.144 bits per heavy atom. The van der Waals surface area contributed by atoms with Crippen molar-refractivity contribution in [2.45, 2.75) is 0 Å². The molecular formula is C88H60N2. The Bertz CT molecular complexity index is 5070. The molecule has 0 aromatic heterocycles. The van der Waals surface area contributed by atoms with E-state index in [0.717, 1.165) is 61.9 Å². The minimum atomic E-state index is 1.06. The summed E-state index contributed by atoms with van der Waals surface area (Å²) in [5, 5.41) is 7.20. The minimum Gasteiger partial charge on any atom is -0.310 e. The van der Waals surface area contributed by atoms with Gasteiger partial charge in [-0.05, 0) is 208 Å². The van der Waals surface area contributed by atoms with E-state index in [4.69, 9.17) is 0 Å². The molecule has 2 nitrogen and oxygen atoms in total. The highest BCUT2D eigenvalue weighted by molar-refractivity contribution is 6.28. The van der Waals surface area contributed by atoms with E-state index in [0.29, 0.717) is 0 Å². The number of benzene rings is 16. The van der Waals surface area contributed by atoms with E-state index in [1.165, 1.54) is 93.5 Å². The molecule has 0 unspecified atom stereocenters. The lowest BCUT2D eigenvalue weighted by Gasteiger charge is -2.30. The summed E-state index contributed by atoms with van der Waals surface area (Å²) in [6, 6.07) is 133. The number of hydrogen-bond donors (Lipinski definition) is 0. The summed E-state index contributed by atoms with van der Waals surface area (Å²) >= 11 is 0. The summed E-state index contributed by atoms with van der Waals surface area (Å²) in [5.41, 5.74) is 25.2. The predicted molar refractivity (Wildman–Crippen MR) is 383 cm³/mol. The first-order chi connectivity index (χ1) is 44.6. The number of anilines is 6. The van der Waals surface area contributed by atoms with Crippen molar-refractivity contribution in [1.82, 2.24) is 0 Å². The lowest BCUT2D eigenvalue weighted by atomic mass is 9.91. The van der Waals surface area contributed by atoms with Crippen LogP contribution in [0.25, 0.3) is 121 Å². The molecular weight excluding hydrogens is 1080 g/mol. The second-order valence-electron chi connectivity index (χ2n) is 23.3. The summed E-state index contributed by atoms with van der Waals surface area (Å²) in [6.07, 6.45) is 0. The molecule has 422 valence electrons. The normalized spacial score (nSPS) is 11.3. The van der Waals surface area contributed by atoms with Crippen LogP contribution < -0.4 is 9.80 Å². The maximum absolute atomic E-state index is 2.48. The lowest BCUT2D eigenvalue weighted by Crippen LogP contribution is -2.11. The van der Waals surface area contributed by atoms with Crippen molar-refractivity contribution in [2.24, 2.45) is 0 Å². The molecule has 0 N–H and O–H groups in total. The van der Waals surface area contributed by atoms with Gasteiger partial charge in [0, 0.05) is 33.5 Å². The van der Waals surface area contributed by atoms with Crippen LogP contribution in [0.3, 0.4) is 0 Å². The molecule has 0 amide bonds. The quantitative estimate of drug-likeness (QED) is 0.100. The Kier molecular flexibility index (Phi) is 14.0. The molecule has 0 bridgehead atoms. The lowest BCUT2D eigenvalue weighted by molar-refractivity contribution is 1.30. The van der Waals surface area contributed by atoms with Crippen LogP contribution in [0.4, 0.5) is 34.1 Å². The van der Waals surface area contributed by atoms with E-state index in [2.05, 4.69) is 374 Å². The van der Waals surface area contributed by atoms with Crippen LogP contribution in [0.2, 0.25) is 0 Å². The molecule has 0 heterocycles. The molecule has 0 atom stereocenters. The van der Waals surface area contributed by atoms with Gasteiger partial charge < -0.3 is 9.80 Å². The third kappa shape index (κ3) is 10.3. The third-order valence-electron chi connectivity index (χ3n) is 17.7. The first-order valence-corrected chi connectivity index (χ1v) is 30.9. The Morgan fingerprint density at radius 2 is 0.389 bits per heavy atom. The topological polar surface area (TPSA) is 6.48 Å². The molecule has 2 heteroatoms. The molecule has 0 radical (unpaired) electrons. The summed E-state index contributed by atoms with van der Waals surface area (Å²) in [7, 11) is 0. The largest absolute Gasteiger partial charge is 0.310 e. The van der Waals surface area contributed by atoms with Crippen LogP contribution >= 0.6 is 0 Å². The molecule has 90 heavy (non-hydrogen) atoms. The van der Waals surface area contributed by atoms with Crippen molar-refractivity contribution in [3.05, 3.63) is 364 Å². The molecule has 0 spiro atoms. The van der Waals surface area contributed by atoms with E-state index >= 15 is 0 Å². The van der Waals surface area contributed by atoms with Crippen molar-refractivity contribution >= 4 is 66.4 Å². The van der Waals surface area contributed by atoms with Crippen LogP contribution in [-0.2, 0) is 0 Å². The maximum atomic E-state index is 2.48. The van der Waals surface area contributed by atoms with Crippen LogP contribution in [0.5, 0.6) is 0 Å². The van der Waals surface area contributed by atoms with Crippen LogP contribution in [0.1, 0.15) is 0 Å². The summed E-state index contributed by atoms with van der Waals surface area (Å²) < 4.78 is 0. The Morgan fingerprint density at radius 3 is 0.722 bits per heavy atom. The van der Waals surface area contributed by atoms with E-state index in [9.17, 15) is 0 Å². The highest BCUT2D eigenvalue weighted by Crippen LogP contribution is 2.49. The molecule has 0 saturated carbocycles. The van der Waals surface area contributed by atoms with Gasteiger partial charge in [0.05, 0.1) is 11.4 Å². The van der Waals surface area contributed by atoms with Gasteiger partial charge in [0.25, 0.3) is 0 Å². The van der Waals surface area contributed by atoms with Crippen LogP contribution in [-0.4, -0.2) is 0 Å². The first kappa shape index (κ1) is 53.6. The van der Waals surface area contributed by atoms with Crippen LogP contribution in [0.15, 0.2) is 364 Å². The fourth-order valence-electron chi connectivity index (χ4n) is 13.3. The average Bonchev–Trinajstić information content (AvgIpc) is 0.827. The number of hydrogen-bond acceptors (Lipinski definition) is 2. The van der Waals surface area contributed by atoms with E-state index in [1.807, 2.05) is 0 Å². The highest BCUT2D eigenvalue weighted by Gasteiger charge is 2.23. The molecule has 16 aromatic rings. The Balaban J connectivity index is 0.880. The Hall–Kier alpha value is -11.8. The summed E-state index contributed by atoms with van der Waals surface area (Å²) in [5.74, 6) is 0. The zero-order valence-electron chi connectivity index (χ0n) is 49.5. The maximum Gasteiger partial charge on any atom is 0.0540 e. The summed E-state index contributed by atoms with van der Waals surface area (Å²) in [4.78, 5) is 4.92. The van der Waals surface area contributed by atoms with E-state index in [-0.39, 0.29) is 0 Å². The standard InChI is InChI=1S/C88H60N2/c1-7-21-61(22-8-1)67-37-45-79(46-38-67)89(81-35-19-33-71(59-81)62-23-9-2-10-24-62)85-51-43-69-42-50-84-86(52-44-70-41-49-83(85)87(69)88(70)84)90(80-47-39-68(40-48-80)77-55-73(63-25-11-3-12-26-63)53-74(56-77)64-27-13-4-14-28-64)82-36-20-34-72(60-82)78-57-75(65-29-15-5-16-30-65)54-76(58-78)66-31-17-6-18-32-66/h1-60H. The van der Waals surface area contributed by atoms with Gasteiger partial charge in [-0.2, -0.15) is 0 Å². The van der Waals surface area contributed by atoms with Crippen molar-refractivity contribution < 1.29 is 0 Å². The van der Waals surface area contributed by atoms with Gasteiger partial charge in [-0.25, -0.2) is 0 Å². The average molecular weight is 1150 g/mol. The highest BCUT2D eigenvalue weighted by atomic mass is 15.1. The third-order valence-corrected chi connectivity index (χ3v) is 17.7. The summed E-state index contributed by atoms with van der Waals surface area (Å²) in [6.45, 7) is 0. The van der Waals surface area contributed by atoms with Gasteiger partial charge in [-0.1, -0.05) is 267 Å². The van der Waals surface area contributed by atoms with Gasteiger partial charge >= 0.3 is 0 Å². The van der Waals surface area contributed by atoms with Gasteiger partial charge in [0.1, 0.15) is 0 Å². The molecule has 16 aromatic carbocycles. The van der Waals surface area contributed by atoms with Gasteiger partial charge in [-0.15, -0.1) is 0 Å². The van der Waals surface area contributed by atoms with Gasteiger partial charge in [-0.3, -0.25) is 0 Å². The zero-order chi connectivity index (χ0) is 59.7. The predicted octanol–water partition coefficient (Wildman–Crippen LogP) is 24.9. The second-order valence-corrected chi connectivity index (χ2v) is 23.3. The minimum absolute atomic E-state index is 1.06. The first-order valence-electron chi connectivity index (χ1n) is 30.9.